The molecule has 1 aromatic carbocycles. The van der Waals surface area contributed by atoms with Gasteiger partial charge in [0.2, 0.25) is 5.95 Å². The molecule has 0 saturated carbocycles. The fourth-order valence-corrected chi connectivity index (χ4v) is 3.48. The highest BCUT2D eigenvalue weighted by molar-refractivity contribution is 5.78. The standard InChI is InChI=1S/C24H25N7O2/c1-32-12-11-31-16-21(23(30-31)17-3-2-9-25-13-17)22-8-10-27-24(29-22)28-18-4-6-19(7-5-18)33-20-14-26-15-20/h2-10,13,16,20,26H,11-12,14-15H2,1H3,(H,27,28,29). The molecule has 0 radical (unpaired) electrons. The van der Waals surface area contributed by atoms with Gasteiger partial charge >= 0.3 is 0 Å². The van der Waals surface area contributed by atoms with Crippen LogP contribution in [0, 0.1) is 0 Å². The van der Waals surface area contributed by atoms with Crippen LogP contribution in [0.3, 0.4) is 0 Å². The van der Waals surface area contributed by atoms with Crippen LogP contribution < -0.4 is 15.4 Å². The first-order valence-electron chi connectivity index (χ1n) is 10.8. The lowest BCUT2D eigenvalue weighted by Gasteiger charge is -2.27. The number of nitrogens with one attached hydrogen (secondary N) is 2. The molecule has 4 heterocycles. The summed E-state index contributed by atoms with van der Waals surface area (Å²) in [5, 5.41) is 11.2. The average Bonchev–Trinajstić information content (AvgIpc) is 3.26. The first-order valence-corrected chi connectivity index (χ1v) is 10.8. The minimum atomic E-state index is 0.252. The van der Waals surface area contributed by atoms with Gasteiger partial charge in [-0.05, 0) is 42.5 Å². The Morgan fingerprint density at radius 2 is 2.00 bits per heavy atom. The maximum atomic E-state index is 5.87. The summed E-state index contributed by atoms with van der Waals surface area (Å²) in [6.45, 7) is 3.00. The monoisotopic (exact) mass is 443 g/mol. The molecule has 33 heavy (non-hydrogen) atoms. The van der Waals surface area contributed by atoms with Crippen LogP contribution in [0.1, 0.15) is 0 Å². The lowest BCUT2D eigenvalue weighted by atomic mass is 10.1. The molecule has 0 aliphatic carbocycles. The molecule has 2 N–H and O–H groups in total. The molecular formula is C24H25N7O2. The van der Waals surface area contributed by atoms with Gasteiger partial charge in [-0.15, -0.1) is 0 Å². The van der Waals surface area contributed by atoms with Gasteiger partial charge in [0, 0.05) is 61.8 Å². The molecule has 0 atom stereocenters. The predicted octanol–water partition coefficient (Wildman–Crippen LogP) is 3.14. The Morgan fingerprint density at radius 3 is 2.73 bits per heavy atom. The second kappa shape index (κ2) is 9.76. The van der Waals surface area contributed by atoms with Crippen molar-refractivity contribution in [1.29, 1.82) is 0 Å². The zero-order valence-corrected chi connectivity index (χ0v) is 18.3. The Balaban J connectivity index is 1.38. The van der Waals surface area contributed by atoms with Gasteiger partial charge in [-0.25, -0.2) is 9.97 Å². The Bertz CT molecular complexity index is 1190. The summed E-state index contributed by atoms with van der Waals surface area (Å²) in [6.07, 6.45) is 7.52. The van der Waals surface area contributed by atoms with E-state index >= 15 is 0 Å². The lowest BCUT2D eigenvalue weighted by molar-refractivity contribution is 0.142. The van der Waals surface area contributed by atoms with Crippen molar-refractivity contribution in [2.75, 3.05) is 32.1 Å². The van der Waals surface area contributed by atoms with Crippen molar-refractivity contribution in [3.8, 4) is 28.3 Å². The molecule has 1 saturated heterocycles. The molecule has 9 nitrogen and oxygen atoms in total. The van der Waals surface area contributed by atoms with Gasteiger partial charge in [0.1, 0.15) is 17.5 Å². The second-order valence-electron chi connectivity index (χ2n) is 7.70. The van der Waals surface area contributed by atoms with Crippen molar-refractivity contribution in [2.24, 2.45) is 0 Å². The van der Waals surface area contributed by atoms with Crippen molar-refractivity contribution >= 4 is 11.6 Å². The number of rotatable bonds is 9. The van der Waals surface area contributed by atoms with E-state index < -0.39 is 0 Å². The predicted molar refractivity (Wildman–Crippen MR) is 125 cm³/mol. The van der Waals surface area contributed by atoms with Crippen LogP contribution in [0.5, 0.6) is 5.75 Å². The Hall–Kier alpha value is -3.82. The van der Waals surface area contributed by atoms with E-state index in [2.05, 4.69) is 20.6 Å². The number of nitrogens with zero attached hydrogens (tertiary/aromatic N) is 5. The number of pyridine rings is 1. The maximum Gasteiger partial charge on any atom is 0.227 e. The minimum absolute atomic E-state index is 0.252. The highest BCUT2D eigenvalue weighted by Gasteiger charge is 2.18. The Kier molecular flexibility index (Phi) is 6.23. The van der Waals surface area contributed by atoms with Gasteiger partial charge in [-0.3, -0.25) is 9.67 Å². The SMILES string of the molecule is COCCn1cc(-c2ccnc(Nc3ccc(OC4CNC4)cc3)n2)c(-c2cccnc2)n1. The second-order valence-corrected chi connectivity index (χ2v) is 7.70. The maximum absolute atomic E-state index is 5.87. The molecule has 3 aromatic heterocycles. The molecule has 5 rings (SSSR count). The number of hydrogen-bond acceptors (Lipinski definition) is 8. The average molecular weight is 444 g/mol. The number of hydrogen-bond donors (Lipinski definition) is 2. The summed E-state index contributed by atoms with van der Waals surface area (Å²) in [4.78, 5) is 13.4. The van der Waals surface area contributed by atoms with E-state index in [1.54, 1.807) is 25.7 Å². The van der Waals surface area contributed by atoms with Crippen LogP contribution in [0.4, 0.5) is 11.6 Å². The van der Waals surface area contributed by atoms with Crippen LogP contribution in [0.2, 0.25) is 0 Å². The smallest absolute Gasteiger partial charge is 0.227 e. The first-order chi connectivity index (χ1) is 16.3. The van der Waals surface area contributed by atoms with Crippen molar-refractivity contribution < 1.29 is 9.47 Å². The van der Waals surface area contributed by atoms with E-state index in [-0.39, 0.29) is 6.10 Å². The highest BCUT2D eigenvalue weighted by Crippen LogP contribution is 2.30. The van der Waals surface area contributed by atoms with E-state index in [1.807, 2.05) is 53.3 Å². The number of methoxy groups -OCH3 is 1. The fourth-order valence-electron chi connectivity index (χ4n) is 3.48. The van der Waals surface area contributed by atoms with Gasteiger partial charge in [-0.1, -0.05) is 0 Å². The van der Waals surface area contributed by atoms with Crippen LogP contribution in [0.15, 0.2) is 67.3 Å². The van der Waals surface area contributed by atoms with Crippen molar-refractivity contribution in [1.82, 2.24) is 30.0 Å². The summed E-state index contributed by atoms with van der Waals surface area (Å²) >= 11 is 0. The Morgan fingerprint density at radius 1 is 1.12 bits per heavy atom. The van der Waals surface area contributed by atoms with Crippen LogP contribution in [-0.2, 0) is 11.3 Å². The molecule has 1 aliphatic heterocycles. The Labute approximate surface area is 191 Å². The van der Waals surface area contributed by atoms with Gasteiger partial charge in [0.25, 0.3) is 0 Å². The number of ether oxygens (including phenoxy) is 2. The number of anilines is 2. The van der Waals surface area contributed by atoms with Crippen LogP contribution in [-0.4, -0.2) is 57.6 Å². The topological polar surface area (TPSA) is 99.0 Å². The molecule has 168 valence electrons. The third-order valence-corrected chi connectivity index (χ3v) is 5.31. The summed E-state index contributed by atoms with van der Waals surface area (Å²) in [7, 11) is 1.68. The number of aromatic nitrogens is 5. The molecule has 9 heteroatoms. The zero-order chi connectivity index (χ0) is 22.5. The van der Waals surface area contributed by atoms with E-state index in [1.165, 1.54) is 0 Å². The molecular weight excluding hydrogens is 418 g/mol. The lowest BCUT2D eigenvalue weighted by Crippen LogP contribution is -2.50. The van der Waals surface area contributed by atoms with Gasteiger partial charge in [0.15, 0.2) is 0 Å². The molecule has 0 unspecified atom stereocenters. The van der Waals surface area contributed by atoms with Crippen LogP contribution >= 0.6 is 0 Å². The zero-order valence-electron chi connectivity index (χ0n) is 18.3. The van der Waals surface area contributed by atoms with Crippen molar-refractivity contribution in [3.05, 3.63) is 67.3 Å². The molecule has 1 aliphatic rings. The van der Waals surface area contributed by atoms with Crippen molar-refractivity contribution in [2.45, 2.75) is 12.6 Å². The van der Waals surface area contributed by atoms with E-state index in [4.69, 9.17) is 19.6 Å². The largest absolute Gasteiger partial charge is 0.488 e. The molecule has 4 aromatic rings. The summed E-state index contributed by atoms with van der Waals surface area (Å²) in [5.74, 6) is 1.36. The van der Waals surface area contributed by atoms with Gasteiger partial charge in [0.05, 0.1) is 18.8 Å². The fraction of sp³-hybridized carbons (Fsp3) is 0.250. The van der Waals surface area contributed by atoms with Gasteiger partial charge in [-0.2, -0.15) is 5.10 Å². The third kappa shape index (κ3) is 5.00. The summed E-state index contributed by atoms with van der Waals surface area (Å²) in [5.41, 5.74) is 4.30. The molecule has 0 spiro atoms. The van der Waals surface area contributed by atoms with E-state index in [0.717, 1.165) is 47.0 Å². The molecule has 0 bridgehead atoms. The molecule has 0 amide bonds. The summed E-state index contributed by atoms with van der Waals surface area (Å²) in [6, 6.07) is 13.6. The normalized spacial score (nSPS) is 13.5. The molecule has 1 fully saturated rings. The van der Waals surface area contributed by atoms with Gasteiger partial charge < -0.3 is 20.1 Å². The first kappa shape index (κ1) is 21.0. The number of benzene rings is 1. The van der Waals surface area contributed by atoms with Crippen molar-refractivity contribution in [3.63, 3.8) is 0 Å². The van der Waals surface area contributed by atoms with E-state index in [0.29, 0.717) is 19.1 Å². The minimum Gasteiger partial charge on any atom is -0.488 e. The summed E-state index contributed by atoms with van der Waals surface area (Å²) < 4.78 is 13.0. The quantitative estimate of drug-likeness (QED) is 0.407. The highest BCUT2D eigenvalue weighted by atomic mass is 16.5. The van der Waals surface area contributed by atoms with E-state index in [9.17, 15) is 0 Å². The van der Waals surface area contributed by atoms with Crippen LogP contribution in [0.25, 0.3) is 22.5 Å². The third-order valence-electron chi connectivity index (χ3n) is 5.31.